The zero-order valence-electron chi connectivity index (χ0n) is 12.2. The van der Waals surface area contributed by atoms with Gasteiger partial charge in [0, 0.05) is 18.1 Å². The van der Waals surface area contributed by atoms with E-state index in [9.17, 15) is 14.9 Å². The van der Waals surface area contributed by atoms with Crippen molar-refractivity contribution in [2.45, 2.75) is 12.8 Å². The van der Waals surface area contributed by atoms with Gasteiger partial charge in [0.1, 0.15) is 5.75 Å². The first-order valence-electron chi connectivity index (χ1n) is 6.83. The number of carbonyl (C=O) groups is 1. The van der Waals surface area contributed by atoms with Gasteiger partial charge in [0.05, 0.1) is 17.7 Å². The van der Waals surface area contributed by atoms with Gasteiger partial charge in [-0.05, 0) is 39.0 Å². The van der Waals surface area contributed by atoms with Crippen LogP contribution in [0.5, 0.6) is 5.75 Å². The van der Waals surface area contributed by atoms with E-state index in [2.05, 4.69) is 10.2 Å². The van der Waals surface area contributed by atoms with Crippen molar-refractivity contribution >= 4 is 17.3 Å². The second-order valence-electron chi connectivity index (χ2n) is 5.21. The van der Waals surface area contributed by atoms with Crippen LogP contribution in [0.3, 0.4) is 0 Å². The summed E-state index contributed by atoms with van der Waals surface area (Å²) in [6, 6.07) is 4.16. The predicted octanol–water partition coefficient (Wildman–Crippen LogP) is 1.88. The van der Waals surface area contributed by atoms with Crippen molar-refractivity contribution in [3.05, 3.63) is 28.3 Å². The van der Waals surface area contributed by atoms with Gasteiger partial charge in [-0.1, -0.05) is 0 Å². The molecule has 1 heterocycles. The third kappa shape index (κ3) is 3.69. The molecule has 1 aromatic carbocycles. The van der Waals surface area contributed by atoms with Crippen molar-refractivity contribution in [3.8, 4) is 5.75 Å². The summed E-state index contributed by atoms with van der Waals surface area (Å²) in [6.45, 7) is 1.76. The molecule has 0 aromatic heterocycles. The van der Waals surface area contributed by atoms with E-state index in [1.807, 2.05) is 7.05 Å². The number of nitrogens with zero attached hydrogens (tertiary/aromatic N) is 2. The largest absolute Gasteiger partial charge is 0.495 e. The highest BCUT2D eigenvalue weighted by atomic mass is 16.6. The van der Waals surface area contributed by atoms with Crippen molar-refractivity contribution in [3.63, 3.8) is 0 Å². The Balaban J connectivity index is 2.12. The standard InChI is InChI=1S/C14H19N3O4/c1-16-7-5-10(6-8-16)14(18)15-12-9-11(17(19)20)3-4-13(12)21-2/h3-4,9-10H,5-8H2,1-2H3,(H,15,18). The van der Waals surface area contributed by atoms with Crippen molar-refractivity contribution in [2.24, 2.45) is 5.92 Å². The summed E-state index contributed by atoms with van der Waals surface area (Å²) in [5, 5.41) is 13.6. The fraction of sp³-hybridized carbons (Fsp3) is 0.500. The summed E-state index contributed by atoms with van der Waals surface area (Å²) in [6.07, 6.45) is 1.58. The highest BCUT2D eigenvalue weighted by Gasteiger charge is 2.24. The zero-order chi connectivity index (χ0) is 15.4. The number of benzene rings is 1. The number of anilines is 1. The number of non-ortho nitro benzene ring substituents is 1. The fourth-order valence-corrected chi connectivity index (χ4v) is 2.41. The number of nitro groups is 1. The Morgan fingerprint density at radius 2 is 2.10 bits per heavy atom. The molecule has 1 aromatic rings. The molecule has 1 saturated heterocycles. The van der Waals surface area contributed by atoms with Crippen LogP contribution >= 0.6 is 0 Å². The molecule has 21 heavy (non-hydrogen) atoms. The van der Waals surface area contributed by atoms with Gasteiger partial charge in [0.2, 0.25) is 5.91 Å². The summed E-state index contributed by atoms with van der Waals surface area (Å²) in [5.41, 5.74) is 0.269. The number of rotatable bonds is 4. The van der Waals surface area contributed by atoms with E-state index < -0.39 is 4.92 Å². The van der Waals surface area contributed by atoms with E-state index in [1.165, 1.54) is 25.3 Å². The number of hydrogen-bond donors (Lipinski definition) is 1. The number of likely N-dealkylation sites (tertiary alicyclic amines) is 1. The van der Waals surface area contributed by atoms with Crippen LogP contribution in [0.15, 0.2) is 18.2 Å². The summed E-state index contributed by atoms with van der Waals surface area (Å²) in [5.74, 6) is 0.244. The molecule has 0 atom stereocenters. The first-order chi connectivity index (χ1) is 10.0. The second kappa shape index (κ2) is 6.53. The zero-order valence-corrected chi connectivity index (χ0v) is 12.2. The van der Waals surface area contributed by atoms with Crippen LogP contribution < -0.4 is 10.1 Å². The maximum atomic E-state index is 12.3. The van der Waals surface area contributed by atoms with Crippen molar-refractivity contribution < 1.29 is 14.5 Å². The van der Waals surface area contributed by atoms with Gasteiger partial charge in [-0.15, -0.1) is 0 Å². The normalized spacial score (nSPS) is 16.5. The quantitative estimate of drug-likeness (QED) is 0.677. The molecule has 1 amide bonds. The minimum atomic E-state index is -0.495. The van der Waals surface area contributed by atoms with Crippen LogP contribution in [0.4, 0.5) is 11.4 Å². The number of nitro benzene ring substituents is 1. The molecule has 0 spiro atoms. The lowest BCUT2D eigenvalue weighted by molar-refractivity contribution is -0.384. The molecule has 0 aliphatic carbocycles. The van der Waals surface area contributed by atoms with Gasteiger partial charge in [-0.2, -0.15) is 0 Å². The Morgan fingerprint density at radius 3 is 2.67 bits per heavy atom. The van der Waals surface area contributed by atoms with Crippen LogP contribution in [-0.4, -0.2) is 43.0 Å². The molecule has 1 aliphatic rings. The maximum absolute atomic E-state index is 12.3. The van der Waals surface area contributed by atoms with Gasteiger partial charge in [0.25, 0.3) is 5.69 Å². The number of amides is 1. The van der Waals surface area contributed by atoms with Crippen molar-refractivity contribution in [2.75, 3.05) is 32.6 Å². The van der Waals surface area contributed by atoms with Crippen molar-refractivity contribution in [1.82, 2.24) is 4.90 Å². The monoisotopic (exact) mass is 293 g/mol. The van der Waals surface area contributed by atoms with Crippen LogP contribution in [0.2, 0.25) is 0 Å². The molecule has 7 nitrogen and oxygen atoms in total. The number of hydrogen-bond acceptors (Lipinski definition) is 5. The lowest BCUT2D eigenvalue weighted by Crippen LogP contribution is -2.35. The Labute approximate surface area is 123 Å². The predicted molar refractivity (Wildman–Crippen MR) is 78.5 cm³/mol. The lowest BCUT2D eigenvalue weighted by atomic mass is 9.96. The SMILES string of the molecule is COc1ccc([N+](=O)[O-])cc1NC(=O)C1CCN(C)CC1. The van der Waals surface area contributed by atoms with E-state index in [-0.39, 0.29) is 17.5 Å². The Kier molecular flexibility index (Phi) is 4.74. The molecular formula is C14H19N3O4. The van der Waals surface area contributed by atoms with Crippen LogP contribution in [0.25, 0.3) is 0 Å². The lowest BCUT2D eigenvalue weighted by Gasteiger charge is -2.28. The number of nitrogens with one attached hydrogen (secondary N) is 1. The van der Waals surface area contributed by atoms with Crippen LogP contribution in [0, 0.1) is 16.0 Å². The average molecular weight is 293 g/mol. The van der Waals surface area contributed by atoms with E-state index in [0.29, 0.717) is 11.4 Å². The third-order valence-electron chi connectivity index (χ3n) is 3.74. The van der Waals surface area contributed by atoms with Gasteiger partial charge in [0.15, 0.2) is 0 Å². The van der Waals surface area contributed by atoms with E-state index in [0.717, 1.165) is 25.9 Å². The molecule has 7 heteroatoms. The maximum Gasteiger partial charge on any atom is 0.271 e. The van der Waals surface area contributed by atoms with E-state index in [4.69, 9.17) is 4.74 Å². The minimum Gasteiger partial charge on any atom is -0.495 e. The van der Waals surface area contributed by atoms with Crippen LogP contribution in [0.1, 0.15) is 12.8 Å². The molecule has 1 aliphatic heterocycles. The summed E-state index contributed by atoms with van der Waals surface area (Å²) < 4.78 is 5.14. The first kappa shape index (κ1) is 15.2. The molecule has 0 bridgehead atoms. The number of methoxy groups -OCH3 is 1. The highest BCUT2D eigenvalue weighted by molar-refractivity contribution is 5.94. The second-order valence-corrected chi connectivity index (χ2v) is 5.21. The number of piperidine rings is 1. The van der Waals surface area contributed by atoms with Gasteiger partial charge in [-0.3, -0.25) is 14.9 Å². The molecule has 0 radical (unpaired) electrons. The summed E-state index contributed by atoms with van der Waals surface area (Å²) >= 11 is 0. The Morgan fingerprint density at radius 1 is 1.43 bits per heavy atom. The average Bonchev–Trinajstić information content (AvgIpc) is 2.47. The highest BCUT2D eigenvalue weighted by Crippen LogP contribution is 2.30. The molecule has 1 fully saturated rings. The topological polar surface area (TPSA) is 84.7 Å². The first-order valence-corrected chi connectivity index (χ1v) is 6.83. The number of ether oxygens (including phenoxy) is 1. The Hall–Kier alpha value is -2.15. The van der Waals surface area contributed by atoms with Crippen LogP contribution in [-0.2, 0) is 4.79 Å². The van der Waals surface area contributed by atoms with E-state index in [1.54, 1.807) is 0 Å². The Bertz CT molecular complexity index is 539. The molecular weight excluding hydrogens is 274 g/mol. The van der Waals surface area contributed by atoms with E-state index >= 15 is 0 Å². The third-order valence-corrected chi connectivity index (χ3v) is 3.74. The fourth-order valence-electron chi connectivity index (χ4n) is 2.41. The van der Waals surface area contributed by atoms with Gasteiger partial charge in [-0.25, -0.2) is 0 Å². The number of carbonyl (C=O) groups excluding carboxylic acids is 1. The molecule has 2 rings (SSSR count). The van der Waals surface area contributed by atoms with Gasteiger partial charge >= 0.3 is 0 Å². The molecule has 114 valence electrons. The molecule has 0 saturated carbocycles. The summed E-state index contributed by atoms with van der Waals surface area (Å²) in [7, 11) is 3.49. The minimum absolute atomic E-state index is 0.0647. The summed E-state index contributed by atoms with van der Waals surface area (Å²) in [4.78, 5) is 24.8. The smallest absolute Gasteiger partial charge is 0.271 e. The van der Waals surface area contributed by atoms with Gasteiger partial charge < -0.3 is 15.0 Å². The molecule has 1 N–H and O–H groups in total. The van der Waals surface area contributed by atoms with Crippen molar-refractivity contribution in [1.29, 1.82) is 0 Å². The molecule has 0 unspecified atom stereocenters.